The smallest absolute Gasteiger partial charge is 0.132 e. The van der Waals surface area contributed by atoms with E-state index >= 15 is 0 Å². The summed E-state index contributed by atoms with van der Waals surface area (Å²) >= 11 is 0. The van der Waals surface area contributed by atoms with Crippen LogP contribution in [0.4, 0.5) is 11.5 Å². The fraction of sp³-hybridized carbons (Fsp3) is 0.294. The Balaban J connectivity index is 1.50. The van der Waals surface area contributed by atoms with Gasteiger partial charge in [0, 0.05) is 55.2 Å². The first-order valence-corrected chi connectivity index (χ1v) is 7.78. The standard InChI is InChI=1S/C17H18N6/c1-13-8-17(21-12-19-13)23-6-4-22(5-7-23)15-2-3-16-14(9-15)10-18-11-20-16/h2-3,8-12H,4-7H2,1H3. The molecule has 4 rings (SSSR count). The zero-order valence-electron chi connectivity index (χ0n) is 13.1. The fourth-order valence-electron chi connectivity index (χ4n) is 2.98. The molecule has 3 heterocycles. The maximum absolute atomic E-state index is 4.38. The Morgan fingerprint density at radius 2 is 1.70 bits per heavy atom. The van der Waals surface area contributed by atoms with E-state index in [-0.39, 0.29) is 0 Å². The summed E-state index contributed by atoms with van der Waals surface area (Å²) in [5.41, 5.74) is 3.22. The molecule has 3 aromatic rings. The van der Waals surface area contributed by atoms with Crippen molar-refractivity contribution in [2.24, 2.45) is 0 Å². The molecule has 2 aromatic heterocycles. The highest BCUT2D eigenvalue weighted by Gasteiger charge is 2.18. The zero-order valence-corrected chi connectivity index (χ0v) is 13.1. The summed E-state index contributed by atoms with van der Waals surface area (Å²) in [6, 6.07) is 8.41. The van der Waals surface area contributed by atoms with Gasteiger partial charge in [0.15, 0.2) is 0 Å². The van der Waals surface area contributed by atoms with Crippen molar-refractivity contribution in [3.8, 4) is 0 Å². The second-order valence-electron chi connectivity index (χ2n) is 5.76. The monoisotopic (exact) mass is 306 g/mol. The highest BCUT2D eigenvalue weighted by atomic mass is 15.3. The van der Waals surface area contributed by atoms with Crippen molar-refractivity contribution in [2.45, 2.75) is 6.92 Å². The van der Waals surface area contributed by atoms with Crippen LogP contribution < -0.4 is 9.80 Å². The van der Waals surface area contributed by atoms with Crippen LogP contribution in [0.25, 0.3) is 10.9 Å². The molecule has 23 heavy (non-hydrogen) atoms. The molecule has 0 amide bonds. The summed E-state index contributed by atoms with van der Waals surface area (Å²) in [7, 11) is 0. The summed E-state index contributed by atoms with van der Waals surface area (Å²) < 4.78 is 0. The maximum Gasteiger partial charge on any atom is 0.132 e. The Hall–Kier alpha value is -2.76. The van der Waals surface area contributed by atoms with Gasteiger partial charge in [0.25, 0.3) is 0 Å². The lowest BCUT2D eigenvalue weighted by molar-refractivity contribution is 0.646. The van der Waals surface area contributed by atoms with Gasteiger partial charge in [0.1, 0.15) is 18.5 Å². The third-order valence-electron chi connectivity index (χ3n) is 4.25. The van der Waals surface area contributed by atoms with Gasteiger partial charge in [0.2, 0.25) is 0 Å². The van der Waals surface area contributed by atoms with Crippen LogP contribution in [-0.2, 0) is 0 Å². The van der Waals surface area contributed by atoms with E-state index < -0.39 is 0 Å². The molecule has 0 unspecified atom stereocenters. The first-order chi connectivity index (χ1) is 11.3. The van der Waals surface area contributed by atoms with Gasteiger partial charge in [-0.25, -0.2) is 19.9 Å². The first kappa shape index (κ1) is 13.9. The number of benzene rings is 1. The van der Waals surface area contributed by atoms with Gasteiger partial charge < -0.3 is 9.80 Å². The lowest BCUT2D eigenvalue weighted by atomic mass is 10.2. The van der Waals surface area contributed by atoms with Crippen molar-refractivity contribution >= 4 is 22.4 Å². The summed E-state index contributed by atoms with van der Waals surface area (Å²) in [5, 5.41) is 1.08. The van der Waals surface area contributed by atoms with Crippen molar-refractivity contribution in [3.05, 3.63) is 48.8 Å². The number of rotatable bonds is 2. The number of hydrogen-bond acceptors (Lipinski definition) is 6. The van der Waals surface area contributed by atoms with Crippen molar-refractivity contribution in [3.63, 3.8) is 0 Å². The van der Waals surface area contributed by atoms with Crippen LogP contribution in [0.5, 0.6) is 0 Å². The molecule has 0 saturated carbocycles. The predicted molar refractivity (Wildman–Crippen MR) is 90.7 cm³/mol. The first-order valence-electron chi connectivity index (χ1n) is 7.78. The normalized spacial score (nSPS) is 15.2. The Labute approximate surface area is 134 Å². The number of hydrogen-bond donors (Lipinski definition) is 0. The number of nitrogens with zero attached hydrogens (tertiary/aromatic N) is 6. The van der Waals surface area contributed by atoms with Gasteiger partial charge >= 0.3 is 0 Å². The van der Waals surface area contributed by atoms with Crippen LogP contribution in [0.2, 0.25) is 0 Å². The minimum absolute atomic E-state index is 0.958. The van der Waals surface area contributed by atoms with Crippen molar-refractivity contribution in [2.75, 3.05) is 36.0 Å². The number of aryl methyl sites for hydroxylation is 1. The summed E-state index contributed by atoms with van der Waals surface area (Å²) in [5.74, 6) is 1.02. The SMILES string of the molecule is Cc1cc(N2CCN(c3ccc4ncncc4c3)CC2)ncn1. The molecular formula is C17H18N6. The van der Waals surface area contributed by atoms with Crippen LogP contribution in [0.15, 0.2) is 43.1 Å². The number of fused-ring (bicyclic) bond motifs is 1. The van der Waals surface area contributed by atoms with Crippen molar-refractivity contribution < 1.29 is 0 Å². The number of piperazine rings is 1. The summed E-state index contributed by atoms with van der Waals surface area (Å²) in [6.45, 7) is 5.86. The van der Waals surface area contributed by atoms with E-state index in [4.69, 9.17) is 0 Å². The highest BCUT2D eigenvalue weighted by molar-refractivity contribution is 5.81. The Bertz CT molecular complexity index is 826. The molecule has 0 N–H and O–H groups in total. The average Bonchev–Trinajstić information content (AvgIpc) is 2.61. The molecule has 1 aromatic carbocycles. The average molecular weight is 306 g/mol. The molecule has 0 spiro atoms. The predicted octanol–water partition coefficient (Wildman–Crippen LogP) is 2.05. The Kier molecular flexibility index (Phi) is 3.49. The van der Waals surface area contributed by atoms with E-state index in [0.29, 0.717) is 0 Å². The van der Waals surface area contributed by atoms with Crippen LogP contribution in [0, 0.1) is 6.92 Å². The third-order valence-corrected chi connectivity index (χ3v) is 4.25. The largest absolute Gasteiger partial charge is 0.368 e. The van der Waals surface area contributed by atoms with E-state index in [0.717, 1.165) is 48.6 Å². The van der Waals surface area contributed by atoms with E-state index in [1.165, 1.54) is 5.69 Å². The molecule has 6 heteroatoms. The molecular weight excluding hydrogens is 288 g/mol. The van der Waals surface area contributed by atoms with E-state index in [1.807, 2.05) is 19.2 Å². The van der Waals surface area contributed by atoms with Gasteiger partial charge in [-0.1, -0.05) is 0 Å². The molecule has 1 aliphatic heterocycles. The second-order valence-corrected chi connectivity index (χ2v) is 5.76. The molecule has 0 aliphatic carbocycles. The lowest BCUT2D eigenvalue weighted by Crippen LogP contribution is -2.46. The van der Waals surface area contributed by atoms with Gasteiger partial charge in [-0.3, -0.25) is 0 Å². The second kappa shape index (κ2) is 5.79. The van der Waals surface area contributed by atoms with E-state index in [2.05, 4.69) is 47.9 Å². The number of anilines is 2. The van der Waals surface area contributed by atoms with Crippen molar-refractivity contribution in [1.82, 2.24) is 19.9 Å². The molecule has 116 valence electrons. The highest BCUT2D eigenvalue weighted by Crippen LogP contribution is 2.22. The van der Waals surface area contributed by atoms with Crippen LogP contribution in [-0.4, -0.2) is 46.1 Å². The van der Waals surface area contributed by atoms with E-state index in [9.17, 15) is 0 Å². The van der Waals surface area contributed by atoms with Crippen LogP contribution >= 0.6 is 0 Å². The Morgan fingerprint density at radius 3 is 2.52 bits per heavy atom. The van der Waals surface area contributed by atoms with Gasteiger partial charge in [0.05, 0.1) is 5.52 Å². The van der Waals surface area contributed by atoms with E-state index in [1.54, 1.807) is 12.7 Å². The molecule has 6 nitrogen and oxygen atoms in total. The topological polar surface area (TPSA) is 58.0 Å². The lowest BCUT2D eigenvalue weighted by Gasteiger charge is -2.36. The van der Waals surface area contributed by atoms with Gasteiger partial charge in [-0.15, -0.1) is 0 Å². The fourth-order valence-corrected chi connectivity index (χ4v) is 2.98. The quantitative estimate of drug-likeness (QED) is 0.722. The Morgan fingerprint density at radius 1 is 0.870 bits per heavy atom. The van der Waals surface area contributed by atoms with Crippen molar-refractivity contribution in [1.29, 1.82) is 0 Å². The molecule has 0 radical (unpaired) electrons. The zero-order chi connectivity index (χ0) is 15.6. The molecule has 0 atom stereocenters. The van der Waals surface area contributed by atoms with Crippen LogP contribution in [0.3, 0.4) is 0 Å². The summed E-state index contributed by atoms with van der Waals surface area (Å²) in [6.07, 6.45) is 5.09. The maximum atomic E-state index is 4.38. The molecule has 0 bridgehead atoms. The molecule has 1 fully saturated rings. The van der Waals surface area contributed by atoms with Gasteiger partial charge in [-0.2, -0.15) is 0 Å². The third kappa shape index (κ3) is 2.79. The molecule has 1 aliphatic rings. The summed E-state index contributed by atoms with van der Waals surface area (Å²) in [4.78, 5) is 21.6. The minimum Gasteiger partial charge on any atom is -0.368 e. The number of aromatic nitrogens is 4. The van der Waals surface area contributed by atoms with Crippen LogP contribution in [0.1, 0.15) is 5.69 Å². The molecule has 1 saturated heterocycles. The van der Waals surface area contributed by atoms with Gasteiger partial charge in [-0.05, 0) is 25.1 Å². The minimum atomic E-state index is 0.958.